The van der Waals surface area contributed by atoms with Crippen LogP contribution in [-0.4, -0.2) is 47.2 Å². The van der Waals surface area contributed by atoms with Crippen molar-refractivity contribution in [2.45, 2.75) is 76.7 Å². The predicted molar refractivity (Wildman–Crippen MR) is 83.8 cm³/mol. The molecule has 4 nitrogen and oxygen atoms in total. The minimum atomic E-state index is -0.917. The molecule has 0 unspecified atom stereocenters. The molecule has 0 rings (SSSR count). The normalized spacial score (nSPS) is 12.0. The lowest BCUT2D eigenvalue weighted by atomic mass is 10.0. The lowest BCUT2D eigenvalue weighted by molar-refractivity contribution is 0.0425. The topological polar surface area (TPSA) is 72.7 Å². The van der Waals surface area contributed by atoms with Gasteiger partial charge in [0, 0.05) is 0 Å². The van der Waals surface area contributed by atoms with E-state index in [1.165, 1.54) is 57.8 Å². The van der Waals surface area contributed by atoms with Gasteiger partial charge in [0.25, 0.3) is 0 Å². The third kappa shape index (κ3) is 9.70. The molecule has 0 amide bonds. The highest BCUT2D eigenvalue weighted by Crippen LogP contribution is 2.10. The summed E-state index contributed by atoms with van der Waals surface area (Å²) in [4.78, 5) is 0. The van der Waals surface area contributed by atoms with Crippen LogP contribution < -0.4 is 5.32 Å². The Morgan fingerprint density at radius 3 is 1.45 bits per heavy atom. The van der Waals surface area contributed by atoms with Gasteiger partial charge in [-0.25, -0.2) is 0 Å². The summed E-state index contributed by atoms with van der Waals surface area (Å²) in [5.74, 6) is 0. The van der Waals surface area contributed by atoms with Crippen LogP contribution in [0.15, 0.2) is 0 Å². The van der Waals surface area contributed by atoms with Gasteiger partial charge in [-0.15, -0.1) is 0 Å². The van der Waals surface area contributed by atoms with Crippen molar-refractivity contribution in [2.24, 2.45) is 0 Å². The Labute approximate surface area is 124 Å². The SMILES string of the molecule is CCCCCCCCCCCCNC(CO)(CO)CO. The second-order valence-corrected chi connectivity index (χ2v) is 5.86. The van der Waals surface area contributed by atoms with Gasteiger partial charge >= 0.3 is 0 Å². The number of hydrogen-bond donors (Lipinski definition) is 4. The second kappa shape index (κ2) is 13.8. The van der Waals surface area contributed by atoms with E-state index in [4.69, 9.17) is 15.3 Å². The number of nitrogens with one attached hydrogen (secondary N) is 1. The van der Waals surface area contributed by atoms with Crippen molar-refractivity contribution in [2.75, 3.05) is 26.4 Å². The smallest absolute Gasteiger partial charge is 0.0881 e. The van der Waals surface area contributed by atoms with Crippen molar-refractivity contribution >= 4 is 0 Å². The van der Waals surface area contributed by atoms with Crippen LogP contribution in [0.2, 0.25) is 0 Å². The fraction of sp³-hybridized carbons (Fsp3) is 1.00. The number of aliphatic hydroxyl groups is 3. The molecule has 0 saturated carbocycles. The van der Waals surface area contributed by atoms with Crippen molar-refractivity contribution in [1.82, 2.24) is 5.32 Å². The predicted octanol–water partition coefficient (Wildman–Crippen LogP) is 2.21. The Kier molecular flexibility index (Phi) is 13.7. The molecule has 0 aromatic heterocycles. The fourth-order valence-electron chi connectivity index (χ4n) is 2.28. The van der Waals surface area contributed by atoms with Gasteiger partial charge in [-0.1, -0.05) is 64.7 Å². The van der Waals surface area contributed by atoms with Crippen LogP contribution in [0.1, 0.15) is 71.1 Å². The molecule has 0 aromatic rings. The highest BCUT2D eigenvalue weighted by Gasteiger charge is 2.26. The first-order valence-corrected chi connectivity index (χ1v) is 8.32. The van der Waals surface area contributed by atoms with E-state index in [1.54, 1.807) is 0 Å². The standard InChI is InChI=1S/C16H35NO3/c1-2-3-4-5-6-7-8-9-10-11-12-17-16(13-18,14-19)15-20/h17-20H,2-15H2,1H3. The number of hydrogen-bond acceptors (Lipinski definition) is 4. The van der Waals surface area contributed by atoms with Gasteiger partial charge in [0.15, 0.2) is 0 Å². The van der Waals surface area contributed by atoms with Gasteiger partial charge in [-0.2, -0.15) is 0 Å². The van der Waals surface area contributed by atoms with E-state index in [1.807, 2.05) is 0 Å². The molecule has 0 atom stereocenters. The molecule has 0 radical (unpaired) electrons. The molecule has 0 heterocycles. The minimum absolute atomic E-state index is 0.238. The lowest BCUT2D eigenvalue weighted by Crippen LogP contribution is -2.55. The quantitative estimate of drug-likeness (QED) is 0.349. The van der Waals surface area contributed by atoms with E-state index in [9.17, 15) is 0 Å². The average Bonchev–Trinajstić information content (AvgIpc) is 2.49. The van der Waals surface area contributed by atoms with E-state index in [0.717, 1.165) is 13.0 Å². The molecule has 0 aliphatic carbocycles. The van der Waals surface area contributed by atoms with Gasteiger partial charge in [-0.05, 0) is 13.0 Å². The van der Waals surface area contributed by atoms with Crippen LogP contribution in [0.25, 0.3) is 0 Å². The van der Waals surface area contributed by atoms with Crippen molar-refractivity contribution in [1.29, 1.82) is 0 Å². The van der Waals surface area contributed by atoms with E-state index in [0.29, 0.717) is 0 Å². The van der Waals surface area contributed by atoms with Crippen LogP contribution in [-0.2, 0) is 0 Å². The zero-order chi connectivity index (χ0) is 15.1. The fourth-order valence-corrected chi connectivity index (χ4v) is 2.28. The largest absolute Gasteiger partial charge is 0.394 e. The highest BCUT2D eigenvalue weighted by molar-refractivity contribution is 4.85. The number of rotatable bonds is 15. The molecular weight excluding hydrogens is 254 g/mol. The zero-order valence-corrected chi connectivity index (χ0v) is 13.2. The third-order valence-electron chi connectivity index (χ3n) is 3.94. The van der Waals surface area contributed by atoms with Gasteiger partial charge in [-0.3, -0.25) is 0 Å². The Balaban J connectivity index is 3.32. The van der Waals surface area contributed by atoms with Crippen LogP contribution in [0.4, 0.5) is 0 Å². The van der Waals surface area contributed by atoms with Gasteiger partial charge in [0.2, 0.25) is 0 Å². The molecule has 20 heavy (non-hydrogen) atoms. The summed E-state index contributed by atoms with van der Waals surface area (Å²) in [6.07, 6.45) is 12.9. The lowest BCUT2D eigenvalue weighted by Gasteiger charge is -2.28. The highest BCUT2D eigenvalue weighted by atomic mass is 16.3. The Hall–Kier alpha value is -0.160. The molecule has 4 heteroatoms. The Bertz CT molecular complexity index is 188. The first-order chi connectivity index (χ1) is 9.74. The monoisotopic (exact) mass is 289 g/mol. The summed E-state index contributed by atoms with van der Waals surface area (Å²) in [6.45, 7) is 2.26. The molecule has 0 spiro atoms. The van der Waals surface area contributed by atoms with E-state index in [2.05, 4.69) is 12.2 Å². The van der Waals surface area contributed by atoms with Crippen molar-refractivity contribution in [3.8, 4) is 0 Å². The van der Waals surface area contributed by atoms with E-state index >= 15 is 0 Å². The molecule has 0 fully saturated rings. The molecular formula is C16H35NO3. The maximum Gasteiger partial charge on any atom is 0.0881 e. The summed E-state index contributed by atoms with van der Waals surface area (Å²) in [7, 11) is 0. The maximum atomic E-state index is 9.16. The first-order valence-electron chi connectivity index (χ1n) is 8.32. The number of unbranched alkanes of at least 4 members (excludes halogenated alkanes) is 9. The zero-order valence-electron chi connectivity index (χ0n) is 13.2. The molecule has 0 aliphatic rings. The molecule has 0 aliphatic heterocycles. The average molecular weight is 289 g/mol. The van der Waals surface area contributed by atoms with Gasteiger partial charge in [0.05, 0.1) is 25.4 Å². The van der Waals surface area contributed by atoms with Crippen molar-refractivity contribution < 1.29 is 15.3 Å². The van der Waals surface area contributed by atoms with Crippen LogP contribution in [0.5, 0.6) is 0 Å². The van der Waals surface area contributed by atoms with Crippen LogP contribution >= 0.6 is 0 Å². The molecule has 122 valence electrons. The summed E-state index contributed by atoms with van der Waals surface area (Å²) in [5.41, 5.74) is -0.917. The van der Waals surface area contributed by atoms with E-state index < -0.39 is 5.54 Å². The van der Waals surface area contributed by atoms with Crippen molar-refractivity contribution in [3.05, 3.63) is 0 Å². The molecule has 0 saturated heterocycles. The maximum absolute atomic E-state index is 9.16. The first kappa shape index (κ1) is 19.8. The Morgan fingerprint density at radius 2 is 1.05 bits per heavy atom. The van der Waals surface area contributed by atoms with Crippen molar-refractivity contribution in [3.63, 3.8) is 0 Å². The minimum Gasteiger partial charge on any atom is -0.394 e. The van der Waals surface area contributed by atoms with E-state index in [-0.39, 0.29) is 19.8 Å². The second-order valence-electron chi connectivity index (χ2n) is 5.86. The molecule has 4 N–H and O–H groups in total. The van der Waals surface area contributed by atoms with Gasteiger partial charge in [0.1, 0.15) is 0 Å². The number of aliphatic hydroxyl groups excluding tert-OH is 3. The molecule has 0 aromatic carbocycles. The van der Waals surface area contributed by atoms with Crippen LogP contribution in [0, 0.1) is 0 Å². The summed E-state index contributed by atoms with van der Waals surface area (Å²) in [5, 5.41) is 30.5. The summed E-state index contributed by atoms with van der Waals surface area (Å²) >= 11 is 0. The van der Waals surface area contributed by atoms with Gasteiger partial charge < -0.3 is 20.6 Å². The molecule has 0 bridgehead atoms. The Morgan fingerprint density at radius 1 is 0.650 bits per heavy atom. The van der Waals surface area contributed by atoms with Crippen LogP contribution in [0.3, 0.4) is 0 Å². The summed E-state index contributed by atoms with van der Waals surface area (Å²) < 4.78 is 0. The third-order valence-corrected chi connectivity index (χ3v) is 3.94. The summed E-state index contributed by atoms with van der Waals surface area (Å²) in [6, 6.07) is 0.